The number of ether oxygens (including phenoxy) is 2. The molecule has 32 heavy (non-hydrogen) atoms. The van der Waals surface area contributed by atoms with E-state index in [0.29, 0.717) is 11.2 Å². The van der Waals surface area contributed by atoms with E-state index in [2.05, 4.69) is 20.1 Å². The predicted molar refractivity (Wildman–Crippen MR) is 112 cm³/mol. The molecule has 0 aliphatic carbocycles. The topological polar surface area (TPSA) is 167 Å². The maximum atomic E-state index is 10.4. The molecule has 0 radical (unpaired) electrons. The van der Waals surface area contributed by atoms with Crippen molar-refractivity contribution in [3.63, 3.8) is 0 Å². The zero-order valence-corrected chi connectivity index (χ0v) is 17.0. The SMILES string of the molecule is COc1ccc(-c2cnn(-c3nc(N)c4ncn(C5O[C@H](CO)[C@@H](O)[C@H]5O)c4n3)c2)cc1. The number of imidazole rings is 1. The molecule has 4 atom stereocenters. The maximum absolute atomic E-state index is 10.4. The van der Waals surface area contributed by atoms with Gasteiger partial charge in [0.05, 0.1) is 26.2 Å². The van der Waals surface area contributed by atoms with Gasteiger partial charge in [-0.25, -0.2) is 9.67 Å². The van der Waals surface area contributed by atoms with Crippen molar-refractivity contribution in [2.24, 2.45) is 0 Å². The second-order valence-electron chi connectivity index (χ2n) is 7.36. The van der Waals surface area contributed by atoms with Crippen molar-refractivity contribution >= 4 is 17.0 Å². The van der Waals surface area contributed by atoms with Crippen molar-refractivity contribution in [1.29, 1.82) is 0 Å². The van der Waals surface area contributed by atoms with Crippen molar-refractivity contribution in [3.05, 3.63) is 43.0 Å². The number of anilines is 1. The molecule has 0 bridgehead atoms. The van der Waals surface area contributed by atoms with Gasteiger partial charge in [-0.05, 0) is 17.7 Å². The van der Waals surface area contributed by atoms with Gasteiger partial charge in [0, 0.05) is 11.8 Å². The van der Waals surface area contributed by atoms with Crippen LogP contribution in [0.5, 0.6) is 5.75 Å². The second kappa shape index (κ2) is 7.84. The van der Waals surface area contributed by atoms with E-state index in [1.165, 1.54) is 15.6 Å². The normalized spacial score (nSPS) is 23.1. The summed E-state index contributed by atoms with van der Waals surface area (Å²) in [4.78, 5) is 13.0. The number of benzene rings is 1. The fraction of sp³-hybridized carbons (Fsp3) is 0.300. The van der Waals surface area contributed by atoms with Gasteiger partial charge in [0.2, 0.25) is 0 Å². The monoisotopic (exact) mass is 439 g/mol. The molecule has 0 spiro atoms. The molecule has 166 valence electrons. The zero-order valence-electron chi connectivity index (χ0n) is 17.0. The van der Waals surface area contributed by atoms with Gasteiger partial charge in [-0.3, -0.25) is 4.57 Å². The van der Waals surface area contributed by atoms with E-state index in [0.717, 1.165) is 16.9 Å². The number of hydrogen-bond acceptors (Lipinski definition) is 10. The lowest BCUT2D eigenvalue weighted by Crippen LogP contribution is -2.33. The molecule has 1 unspecified atom stereocenters. The fourth-order valence-electron chi connectivity index (χ4n) is 3.69. The number of aliphatic hydroxyl groups is 3. The summed E-state index contributed by atoms with van der Waals surface area (Å²) in [5.74, 6) is 1.07. The van der Waals surface area contributed by atoms with Crippen molar-refractivity contribution in [1.82, 2.24) is 29.3 Å². The number of nitrogen functional groups attached to an aromatic ring is 1. The number of nitrogens with two attached hydrogens (primary N) is 1. The lowest BCUT2D eigenvalue weighted by Gasteiger charge is -2.16. The van der Waals surface area contributed by atoms with Gasteiger partial charge >= 0.3 is 0 Å². The average Bonchev–Trinajstić information content (AvgIpc) is 3.53. The first kappa shape index (κ1) is 20.3. The summed E-state index contributed by atoms with van der Waals surface area (Å²) in [6, 6.07) is 7.53. The summed E-state index contributed by atoms with van der Waals surface area (Å²) >= 11 is 0. The molecule has 1 aliphatic rings. The minimum Gasteiger partial charge on any atom is -0.497 e. The minimum absolute atomic E-state index is 0.122. The van der Waals surface area contributed by atoms with Crippen LogP contribution in [-0.4, -0.2) is 76.6 Å². The first-order valence-corrected chi connectivity index (χ1v) is 9.82. The quantitative estimate of drug-likeness (QED) is 0.329. The Morgan fingerprint density at radius 3 is 2.59 bits per heavy atom. The van der Waals surface area contributed by atoms with Crippen LogP contribution in [0.3, 0.4) is 0 Å². The lowest BCUT2D eigenvalue weighted by atomic mass is 10.1. The van der Waals surface area contributed by atoms with Crippen LogP contribution < -0.4 is 10.5 Å². The molecule has 4 aromatic rings. The zero-order chi connectivity index (χ0) is 22.4. The molecule has 12 heteroatoms. The second-order valence-corrected chi connectivity index (χ2v) is 7.36. The summed E-state index contributed by atoms with van der Waals surface area (Å²) < 4.78 is 13.7. The number of fused-ring (bicyclic) bond motifs is 1. The van der Waals surface area contributed by atoms with Gasteiger partial charge in [0.25, 0.3) is 5.95 Å². The van der Waals surface area contributed by atoms with E-state index in [1.54, 1.807) is 19.5 Å². The number of methoxy groups -OCH3 is 1. The Kier molecular flexibility index (Phi) is 4.98. The van der Waals surface area contributed by atoms with Crippen LogP contribution in [0.4, 0.5) is 5.82 Å². The standard InChI is InChI=1S/C20H21N7O5/c1-31-12-4-2-10(3-5-12)11-6-23-27(7-11)20-24-17(21)14-18(25-20)26(9-22-14)19-16(30)15(29)13(8-28)32-19/h2-7,9,13,15-16,19,28-30H,8H2,1H3,(H2,21,24,25)/t13-,15-,16-,19?/m1/s1. The minimum atomic E-state index is -1.28. The number of rotatable bonds is 5. The molecule has 5 N–H and O–H groups in total. The van der Waals surface area contributed by atoms with E-state index >= 15 is 0 Å². The van der Waals surface area contributed by atoms with E-state index in [-0.39, 0.29) is 11.8 Å². The van der Waals surface area contributed by atoms with Crippen LogP contribution in [0.2, 0.25) is 0 Å². The average molecular weight is 439 g/mol. The van der Waals surface area contributed by atoms with E-state index in [1.807, 2.05) is 24.3 Å². The van der Waals surface area contributed by atoms with Crippen molar-refractivity contribution in [2.75, 3.05) is 19.5 Å². The third-order valence-corrected chi connectivity index (χ3v) is 5.44. The van der Waals surface area contributed by atoms with Gasteiger partial charge in [-0.15, -0.1) is 0 Å². The Balaban J connectivity index is 1.52. The Bertz CT molecular complexity index is 1260. The Labute approximate surface area is 181 Å². The highest BCUT2D eigenvalue weighted by molar-refractivity contribution is 5.82. The first-order chi connectivity index (χ1) is 15.5. The van der Waals surface area contributed by atoms with Gasteiger partial charge in [0.1, 0.15) is 29.6 Å². The van der Waals surface area contributed by atoms with Gasteiger partial charge < -0.3 is 30.5 Å². The van der Waals surface area contributed by atoms with E-state index in [4.69, 9.17) is 15.2 Å². The summed E-state index contributed by atoms with van der Waals surface area (Å²) in [7, 11) is 1.61. The van der Waals surface area contributed by atoms with Gasteiger partial charge in [-0.1, -0.05) is 12.1 Å². The molecule has 0 amide bonds. The molecule has 1 aliphatic heterocycles. The van der Waals surface area contributed by atoms with Crippen molar-refractivity contribution in [3.8, 4) is 22.8 Å². The van der Waals surface area contributed by atoms with Crippen LogP contribution in [0.15, 0.2) is 43.0 Å². The largest absolute Gasteiger partial charge is 0.497 e. The predicted octanol–water partition coefficient (Wildman–Crippen LogP) is -0.119. The summed E-state index contributed by atoms with van der Waals surface area (Å²) in [6.45, 7) is -0.439. The molecular weight excluding hydrogens is 418 g/mol. The molecule has 5 rings (SSSR count). The first-order valence-electron chi connectivity index (χ1n) is 9.82. The lowest BCUT2D eigenvalue weighted by molar-refractivity contribution is -0.0511. The highest BCUT2D eigenvalue weighted by Gasteiger charge is 2.44. The van der Waals surface area contributed by atoms with E-state index in [9.17, 15) is 15.3 Å². The summed E-state index contributed by atoms with van der Waals surface area (Å²) in [5, 5.41) is 34.2. The Hall–Kier alpha value is -3.58. The molecule has 1 aromatic carbocycles. The van der Waals surface area contributed by atoms with E-state index < -0.39 is 31.1 Å². The summed E-state index contributed by atoms with van der Waals surface area (Å²) in [5.41, 5.74) is 8.48. The summed E-state index contributed by atoms with van der Waals surface area (Å²) in [6.07, 6.45) is 0.372. The van der Waals surface area contributed by atoms with Crippen LogP contribution in [0.1, 0.15) is 6.23 Å². The van der Waals surface area contributed by atoms with Crippen LogP contribution in [0.25, 0.3) is 28.2 Å². The molecule has 12 nitrogen and oxygen atoms in total. The number of hydrogen-bond donors (Lipinski definition) is 4. The molecular formula is C20H21N7O5. The van der Waals surface area contributed by atoms with Crippen molar-refractivity contribution < 1.29 is 24.8 Å². The van der Waals surface area contributed by atoms with Crippen LogP contribution in [0, 0.1) is 0 Å². The number of aromatic nitrogens is 6. The number of aliphatic hydroxyl groups excluding tert-OH is 3. The molecule has 0 saturated carbocycles. The van der Waals surface area contributed by atoms with Crippen LogP contribution in [-0.2, 0) is 4.74 Å². The maximum Gasteiger partial charge on any atom is 0.254 e. The highest BCUT2D eigenvalue weighted by atomic mass is 16.6. The molecule has 1 saturated heterocycles. The smallest absolute Gasteiger partial charge is 0.254 e. The third-order valence-electron chi connectivity index (χ3n) is 5.44. The van der Waals surface area contributed by atoms with Gasteiger partial charge in [-0.2, -0.15) is 15.1 Å². The van der Waals surface area contributed by atoms with Crippen LogP contribution >= 0.6 is 0 Å². The van der Waals surface area contributed by atoms with Gasteiger partial charge in [0.15, 0.2) is 17.7 Å². The Morgan fingerprint density at radius 1 is 1.12 bits per heavy atom. The molecule has 1 fully saturated rings. The molecule has 3 aromatic heterocycles. The Morgan fingerprint density at radius 2 is 1.91 bits per heavy atom. The number of nitrogens with zero attached hydrogens (tertiary/aromatic N) is 6. The molecule has 4 heterocycles. The fourth-order valence-corrected chi connectivity index (χ4v) is 3.69. The third kappa shape index (κ3) is 3.26. The highest BCUT2D eigenvalue weighted by Crippen LogP contribution is 2.32. The van der Waals surface area contributed by atoms with Crippen molar-refractivity contribution in [2.45, 2.75) is 24.5 Å².